The van der Waals surface area contributed by atoms with Gasteiger partial charge in [0, 0.05) is 24.8 Å². The number of nitrogens with zero attached hydrogens (tertiary/aromatic N) is 2. The second-order valence-electron chi connectivity index (χ2n) is 7.02. The summed E-state index contributed by atoms with van der Waals surface area (Å²) in [6.07, 6.45) is 0. The molecule has 1 aliphatic rings. The number of sulfonamides is 1. The highest BCUT2D eigenvalue weighted by atomic mass is 32.2. The molecule has 29 heavy (non-hydrogen) atoms. The summed E-state index contributed by atoms with van der Waals surface area (Å²) in [6, 6.07) is 14.1. The summed E-state index contributed by atoms with van der Waals surface area (Å²) in [5, 5.41) is 0.857. The maximum absolute atomic E-state index is 13.0. The van der Waals surface area contributed by atoms with Crippen molar-refractivity contribution in [3.8, 4) is 0 Å². The summed E-state index contributed by atoms with van der Waals surface area (Å²) in [4.78, 5) is 15.4. The van der Waals surface area contributed by atoms with Gasteiger partial charge in [0.05, 0.1) is 28.7 Å². The molecule has 1 aliphatic heterocycles. The van der Waals surface area contributed by atoms with Crippen LogP contribution in [0.5, 0.6) is 0 Å². The Morgan fingerprint density at radius 3 is 2.45 bits per heavy atom. The van der Waals surface area contributed by atoms with E-state index < -0.39 is 10.0 Å². The lowest BCUT2D eigenvalue weighted by Gasteiger charge is -2.26. The van der Waals surface area contributed by atoms with Crippen molar-refractivity contribution in [1.82, 2.24) is 4.90 Å². The number of amides is 1. The monoisotopic (exact) mass is 430 g/mol. The van der Waals surface area contributed by atoms with Gasteiger partial charge in [0.2, 0.25) is 0 Å². The van der Waals surface area contributed by atoms with Crippen molar-refractivity contribution >= 4 is 43.0 Å². The minimum absolute atomic E-state index is 0.00307. The molecule has 0 unspecified atom stereocenters. The molecule has 1 amide bonds. The second kappa shape index (κ2) is 7.78. The van der Waals surface area contributed by atoms with E-state index in [4.69, 9.17) is 4.74 Å². The van der Waals surface area contributed by atoms with Gasteiger partial charge in [-0.3, -0.25) is 9.10 Å². The summed E-state index contributed by atoms with van der Waals surface area (Å²) in [7, 11) is -2.11. The third kappa shape index (κ3) is 3.88. The second-order valence-corrected chi connectivity index (χ2v) is 10.1. The van der Waals surface area contributed by atoms with Crippen molar-refractivity contribution in [2.24, 2.45) is 0 Å². The predicted molar refractivity (Wildman–Crippen MR) is 115 cm³/mol. The summed E-state index contributed by atoms with van der Waals surface area (Å²) in [5.74, 6) is -0.00307. The molecule has 1 saturated heterocycles. The fourth-order valence-corrected chi connectivity index (χ4v) is 5.46. The number of rotatable bonds is 4. The van der Waals surface area contributed by atoms with E-state index in [0.717, 1.165) is 15.6 Å². The summed E-state index contributed by atoms with van der Waals surface area (Å²) in [6.45, 7) is 4.22. The van der Waals surface area contributed by atoms with Crippen LogP contribution in [0.3, 0.4) is 0 Å². The first kappa shape index (κ1) is 19.9. The Labute approximate surface area is 174 Å². The van der Waals surface area contributed by atoms with Crippen LogP contribution in [0.15, 0.2) is 53.4 Å². The third-order valence-corrected chi connectivity index (χ3v) is 7.96. The van der Waals surface area contributed by atoms with Gasteiger partial charge in [0.1, 0.15) is 0 Å². The minimum atomic E-state index is -3.66. The predicted octanol–water partition coefficient (Wildman–Crippen LogP) is 3.51. The smallest absolute Gasteiger partial charge is 0.264 e. The number of carbonyl (C=O) groups excluding carboxylic acids is 1. The summed E-state index contributed by atoms with van der Waals surface area (Å²) in [5.41, 5.74) is 1.56. The first-order valence-corrected chi connectivity index (χ1v) is 11.6. The highest BCUT2D eigenvalue weighted by Crippen LogP contribution is 2.32. The Balaban J connectivity index is 1.63. The number of hydrogen-bond acceptors (Lipinski definition) is 5. The molecule has 3 aromatic rings. The normalized spacial score (nSPS) is 14.9. The zero-order chi connectivity index (χ0) is 20.6. The highest BCUT2D eigenvalue weighted by molar-refractivity contribution is 7.92. The minimum Gasteiger partial charge on any atom is -0.378 e. The molecule has 0 radical (unpaired) electrons. The number of morpholine rings is 1. The van der Waals surface area contributed by atoms with Crippen molar-refractivity contribution < 1.29 is 17.9 Å². The van der Waals surface area contributed by atoms with Crippen LogP contribution in [-0.2, 0) is 14.8 Å². The lowest BCUT2D eigenvalue weighted by Crippen LogP contribution is -2.40. The molecule has 6 nitrogen and oxygen atoms in total. The summed E-state index contributed by atoms with van der Waals surface area (Å²) < 4.78 is 33.4. The lowest BCUT2D eigenvalue weighted by molar-refractivity contribution is 0.0306. The molecule has 2 aromatic carbocycles. The van der Waals surface area contributed by atoms with Crippen molar-refractivity contribution in [1.29, 1.82) is 0 Å². The molecule has 0 bridgehead atoms. The van der Waals surface area contributed by atoms with E-state index in [2.05, 4.69) is 0 Å². The number of anilines is 1. The quantitative estimate of drug-likeness (QED) is 0.635. The van der Waals surface area contributed by atoms with Crippen LogP contribution in [-0.4, -0.2) is 52.6 Å². The van der Waals surface area contributed by atoms with E-state index in [0.29, 0.717) is 36.9 Å². The molecular formula is C21H22N2O4S2. The zero-order valence-electron chi connectivity index (χ0n) is 16.3. The largest absolute Gasteiger partial charge is 0.378 e. The lowest BCUT2D eigenvalue weighted by atomic mass is 10.2. The first-order valence-electron chi connectivity index (χ1n) is 9.32. The molecule has 1 aromatic heterocycles. The van der Waals surface area contributed by atoms with Gasteiger partial charge < -0.3 is 9.64 Å². The van der Waals surface area contributed by atoms with Gasteiger partial charge in [-0.1, -0.05) is 17.7 Å². The Morgan fingerprint density at radius 2 is 1.76 bits per heavy atom. The van der Waals surface area contributed by atoms with Crippen molar-refractivity contribution in [2.75, 3.05) is 37.7 Å². The van der Waals surface area contributed by atoms with Crippen LogP contribution in [0, 0.1) is 6.92 Å². The fourth-order valence-electron chi connectivity index (χ4n) is 3.26. The number of hydrogen-bond donors (Lipinski definition) is 0. The van der Waals surface area contributed by atoms with Crippen LogP contribution < -0.4 is 4.31 Å². The SMILES string of the molecule is Cc1ccc(S(=O)(=O)N(C)c2ccc3sc(C(=O)N4CCOCC4)cc3c2)cc1. The van der Waals surface area contributed by atoms with E-state index in [-0.39, 0.29) is 10.8 Å². The molecule has 2 heterocycles. The van der Waals surface area contributed by atoms with Gasteiger partial charge in [-0.15, -0.1) is 11.3 Å². The van der Waals surface area contributed by atoms with Crippen molar-refractivity contribution in [2.45, 2.75) is 11.8 Å². The molecule has 8 heteroatoms. The van der Waals surface area contributed by atoms with Crippen LogP contribution in [0.1, 0.15) is 15.2 Å². The van der Waals surface area contributed by atoms with Gasteiger partial charge in [0.25, 0.3) is 15.9 Å². The third-order valence-electron chi connectivity index (χ3n) is 5.05. The molecule has 0 N–H and O–H groups in total. The fraction of sp³-hybridized carbons (Fsp3) is 0.286. The number of ether oxygens (including phenoxy) is 1. The van der Waals surface area contributed by atoms with E-state index in [9.17, 15) is 13.2 Å². The highest BCUT2D eigenvalue weighted by Gasteiger charge is 2.23. The Bertz CT molecular complexity index is 1150. The Hall–Kier alpha value is -2.42. The number of carbonyl (C=O) groups is 1. The topological polar surface area (TPSA) is 66.9 Å². The van der Waals surface area contributed by atoms with Gasteiger partial charge >= 0.3 is 0 Å². The molecule has 0 saturated carbocycles. The van der Waals surface area contributed by atoms with E-state index in [1.165, 1.54) is 15.6 Å². The summed E-state index contributed by atoms with van der Waals surface area (Å²) >= 11 is 1.42. The maximum atomic E-state index is 13.0. The Kier molecular flexibility index (Phi) is 5.33. The number of thiophene rings is 1. The van der Waals surface area contributed by atoms with Gasteiger partial charge in [-0.2, -0.15) is 0 Å². The van der Waals surface area contributed by atoms with E-state index in [1.54, 1.807) is 42.3 Å². The van der Waals surface area contributed by atoms with E-state index >= 15 is 0 Å². The standard InChI is InChI=1S/C21H22N2O4S2/c1-15-3-6-18(7-4-15)29(25,26)22(2)17-5-8-19-16(13-17)14-20(28-19)21(24)23-9-11-27-12-10-23/h3-8,13-14H,9-12H2,1-2H3. The van der Waals surface area contributed by atoms with Crippen LogP contribution in [0.4, 0.5) is 5.69 Å². The zero-order valence-corrected chi connectivity index (χ0v) is 17.9. The molecule has 152 valence electrons. The average Bonchev–Trinajstić information content (AvgIpc) is 3.17. The molecule has 0 atom stereocenters. The van der Waals surface area contributed by atoms with Crippen LogP contribution in [0.2, 0.25) is 0 Å². The first-order chi connectivity index (χ1) is 13.9. The van der Waals surface area contributed by atoms with Crippen LogP contribution in [0.25, 0.3) is 10.1 Å². The van der Waals surface area contributed by atoms with Gasteiger partial charge in [-0.05, 0) is 48.7 Å². The van der Waals surface area contributed by atoms with E-state index in [1.807, 2.05) is 25.1 Å². The van der Waals surface area contributed by atoms with Crippen molar-refractivity contribution in [3.05, 3.63) is 59.0 Å². The molecule has 0 aliphatic carbocycles. The molecule has 1 fully saturated rings. The number of aryl methyl sites for hydroxylation is 1. The average molecular weight is 431 g/mol. The number of fused-ring (bicyclic) bond motifs is 1. The molecule has 0 spiro atoms. The maximum Gasteiger partial charge on any atom is 0.264 e. The van der Waals surface area contributed by atoms with Gasteiger partial charge in [0.15, 0.2) is 0 Å². The van der Waals surface area contributed by atoms with Crippen molar-refractivity contribution in [3.63, 3.8) is 0 Å². The molecule has 4 rings (SSSR count). The Morgan fingerprint density at radius 1 is 1.07 bits per heavy atom. The van der Waals surface area contributed by atoms with Gasteiger partial charge in [-0.25, -0.2) is 8.42 Å². The molecular weight excluding hydrogens is 408 g/mol. The van der Waals surface area contributed by atoms with Crippen LogP contribution >= 0.6 is 11.3 Å². The number of benzene rings is 2.